The summed E-state index contributed by atoms with van der Waals surface area (Å²) in [6, 6.07) is -1.53. The standard InChI is InChI=1S/C48H84NO10P/c1-3-5-7-9-11-13-15-17-19-21-22-24-26-28-30-32-34-36-38-40-47(51)59-44(42-57-60(54,55)58-43-45(49)48(52)53)41-56-46(50)39-37-35-33-31-29-27-25-23-20-18-16-14-12-10-8-6-4-2/h11,13,17-20,22,24,28,30,44-45H,3-10,12,14-16,21,23,25-27,29,31-43,49H2,1-2H3,(H,52,53)(H,54,55)/b13-11+,19-17+,20-18+,24-22+,30-28+/t44-,45+/m1/s1. The van der Waals surface area contributed by atoms with E-state index in [2.05, 4.69) is 79.1 Å². The lowest BCUT2D eigenvalue weighted by Crippen LogP contribution is -2.34. The molecule has 0 fully saturated rings. The highest BCUT2D eigenvalue weighted by molar-refractivity contribution is 7.47. The highest BCUT2D eigenvalue weighted by Crippen LogP contribution is 2.43. The van der Waals surface area contributed by atoms with Crippen LogP contribution < -0.4 is 5.73 Å². The number of allylic oxidation sites excluding steroid dienone is 10. The predicted octanol–water partition coefficient (Wildman–Crippen LogP) is 12.7. The summed E-state index contributed by atoms with van der Waals surface area (Å²) >= 11 is 0. The fraction of sp³-hybridized carbons (Fsp3) is 0.729. The zero-order valence-electron chi connectivity index (χ0n) is 37.5. The van der Waals surface area contributed by atoms with Gasteiger partial charge in [0.15, 0.2) is 6.10 Å². The third-order valence-electron chi connectivity index (χ3n) is 9.74. The molecule has 0 heterocycles. The van der Waals surface area contributed by atoms with Crippen LogP contribution in [0.15, 0.2) is 60.8 Å². The van der Waals surface area contributed by atoms with E-state index in [1.807, 2.05) is 0 Å². The molecule has 0 aromatic heterocycles. The summed E-state index contributed by atoms with van der Waals surface area (Å²) in [4.78, 5) is 46.0. The summed E-state index contributed by atoms with van der Waals surface area (Å²) in [6.07, 6.45) is 49.9. The highest BCUT2D eigenvalue weighted by atomic mass is 31.2. The molecule has 60 heavy (non-hydrogen) atoms. The molecule has 0 aliphatic heterocycles. The quantitative estimate of drug-likeness (QED) is 0.0230. The molecule has 3 atom stereocenters. The first-order chi connectivity index (χ1) is 29.1. The number of aliphatic carboxylic acids is 1. The van der Waals surface area contributed by atoms with Crippen LogP contribution in [0.3, 0.4) is 0 Å². The van der Waals surface area contributed by atoms with E-state index in [1.165, 1.54) is 89.9 Å². The zero-order chi connectivity index (χ0) is 44.2. The number of carboxylic acid groups (broad SMARTS) is 1. The number of unbranched alkanes of at least 4 members (excludes halogenated alkanes) is 19. The van der Waals surface area contributed by atoms with E-state index in [0.717, 1.165) is 64.2 Å². The Bertz CT molecular complexity index is 1250. The molecule has 0 aromatic rings. The fourth-order valence-corrected chi connectivity index (χ4v) is 6.82. The van der Waals surface area contributed by atoms with Gasteiger partial charge in [0.1, 0.15) is 12.6 Å². The normalized spacial score (nSPS) is 14.2. The number of rotatable bonds is 43. The van der Waals surface area contributed by atoms with Gasteiger partial charge in [-0.15, -0.1) is 0 Å². The van der Waals surface area contributed by atoms with Crippen LogP contribution in [-0.4, -0.2) is 59.9 Å². The molecule has 11 nitrogen and oxygen atoms in total. The molecule has 4 N–H and O–H groups in total. The molecule has 0 spiro atoms. The summed E-state index contributed by atoms with van der Waals surface area (Å²) in [7, 11) is -4.73. The maximum absolute atomic E-state index is 12.6. The molecule has 0 bridgehead atoms. The van der Waals surface area contributed by atoms with Gasteiger partial charge in [-0.1, -0.05) is 158 Å². The van der Waals surface area contributed by atoms with E-state index in [0.29, 0.717) is 12.8 Å². The average Bonchev–Trinajstić information content (AvgIpc) is 3.22. The molecule has 0 radical (unpaired) electrons. The second kappa shape index (κ2) is 42.9. The summed E-state index contributed by atoms with van der Waals surface area (Å²) in [6.45, 7) is 2.74. The van der Waals surface area contributed by atoms with Crippen LogP contribution in [0.2, 0.25) is 0 Å². The molecule has 346 valence electrons. The Kier molecular flexibility index (Phi) is 40.8. The van der Waals surface area contributed by atoms with Crippen molar-refractivity contribution >= 4 is 25.7 Å². The molecule has 0 aliphatic carbocycles. The molecule has 0 aromatic carbocycles. The number of ether oxygens (including phenoxy) is 2. The Balaban J connectivity index is 4.40. The van der Waals surface area contributed by atoms with Gasteiger partial charge in [-0.3, -0.25) is 23.4 Å². The maximum atomic E-state index is 12.6. The average molecular weight is 866 g/mol. The van der Waals surface area contributed by atoms with E-state index in [9.17, 15) is 23.8 Å². The minimum atomic E-state index is -4.73. The third-order valence-corrected chi connectivity index (χ3v) is 10.7. The van der Waals surface area contributed by atoms with Crippen LogP contribution in [0, 0.1) is 0 Å². The summed E-state index contributed by atoms with van der Waals surface area (Å²) in [5.41, 5.74) is 5.34. The Labute approximate surface area is 364 Å². The van der Waals surface area contributed by atoms with Crippen molar-refractivity contribution in [1.29, 1.82) is 0 Å². The summed E-state index contributed by atoms with van der Waals surface area (Å²) < 4.78 is 32.7. The van der Waals surface area contributed by atoms with Crippen molar-refractivity contribution in [2.45, 2.75) is 206 Å². The third kappa shape index (κ3) is 41.9. The van der Waals surface area contributed by atoms with E-state index >= 15 is 0 Å². The molecular formula is C48H84NO10P. The van der Waals surface area contributed by atoms with Crippen molar-refractivity contribution in [3.63, 3.8) is 0 Å². The Morgan fingerprint density at radius 1 is 0.517 bits per heavy atom. The molecule has 0 rings (SSSR count). The van der Waals surface area contributed by atoms with Crippen molar-refractivity contribution in [1.82, 2.24) is 0 Å². The summed E-state index contributed by atoms with van der Waals surface area (Å²) in [5, 5.41) is 8.90. The number of hydrogen-bond acceptors (Lipinski definition) is 9. The monoisotopic (exact) mass is 866 g/mol. The van der Waals surface area contributed by atoms with Gasteiger partial charge in [-0.2, -0.15) is 0 Å². The van der Waals surface area contributed by atoms with Gasteiger partial charge in [0, 0.05) is 12.8 Å². The van der Waals surface area contributed by atoms with E-state index in [-0.39, 0.29) is 19.4 Å². The molecule has 0 amide bonds. The van der Waals surface area contributed by atoms with Gasteiger partial charge >= 0.3 is 25.7 Å². The Morgan fingerprint density at radius 2 is 0.883 bits per heavy atom. The first-order valence-electron chi connectivity index (χ1n) is 23.3. The van der Waals surface area contributed by atoms with E-state index in [1.54, 1.807) is 0 Å². The lowest BCUT2D eigenvalue weighted by Gasteiger charge is -2.20. The molecule has 12 heteroatoms. The van der Waals surface area contributed by atoms with Gasteiger partial charge in [0.05, 0.1) is 13.2 Å². The van der Waals surface area contributed by atoms with Crippen LogP contribution in [0.25, 0.3) is 0 Å². The minimum Gasteiger partial charge on any atom is -0.480 e. The predicted molar refractivity (Wildman–Crippen MR) is 245 cm³/mol. The van der Waals surface area contributed by atoms with Gasteiger partial charge in [-0.05, 0) is 83.5 Å². The molecule has 0 saturated carbocycles. The first-order valence-corrected chi connectivity index (χ1v) is 24.8. The van der Waals surface area contributed by atoms with Gasteiger partial charge < -0.3 is 25.2 Å². The number of nitrogens with two attached hydrogens (primary N) is 1. The maximum Gasteiger partial charge on any atom is 0.472 e. The van der Waals surface area contributed by atoms with Crippen molar-refractivity contribution < 1.29 is 47.5 Å². The van der Waals surface area contributed by atoms with Crippen LogP contribution in [0.4, 0.5) is 0 Å². The van der Waals surface area contributed by atoms with Crippen molar-refractivity contribution in [3.8, 4) is 0 Å². The number of carbonyl (C=O) groups excluding carboxylic acids is 2. The fourth-order valence-electron chi connectivity index (χ4n) is 6.04. The molecule has 1 unspecified atom stereocenters. The topological polar surface area (TPSA) is 172 Å². The number of phosphoric ester groups is 1. The van der Waals surface area contributed by atoms with Crippen molar-refractivity contribution in [2.75, 3.05) is 19.8 Å². The zero-order valence-corrected chi connectivity index (χ0v) is 38.4. The Morgan fingerprint density at radius 3 is 1.38 bits per heavy atom. The first kappa shape index (κ1) is 57.2. The second-order valence-corrected chi connectivity index (χ2v) is 17.0. The largest absolute Gasteiger partial charge is 0.480 e. The van der Waals surface area contributed by atoms with Crippen LogP contribution in [0.5, 0.6) is 0 Å². The highest BCUT2D eigenvalue weighted by Gasteiger charge is 2.28. The van der Waals surface area contributed by atoms with Crippen molar-refractivity contribution in [3.05, 3.63) is 60.8 Å². The van der Waals surface area contributed by atoms with Crippen LogP contribution in [0.1, 0.15) is 194 Å². The minimum absolute atomic E-state index is 0.121. The van der Waals surface area contributed by atoms with E-state index in [4.69, 9.17) is 24.8 Å². The van der Waals surface area contributed by atoms with E-state index < -0.39 is 51.1 Å². The molecule has 0 aliphatic rings. The molecular weight excluding hydrogens is 781 g/mol. The lowest BCUT2D eigenvalue weighted by atomic mass is 10.1. The molecule has 0 saturated heterocycles. The SMILES string of the molecule is CCCCC/C=C/C/C=C/C/C=C/C/C=C/CCCCCC(=O)O[C@H](COC(=O)CCCCCCCCC/C=C/CCCCCCCC)COP(=O)(O)OC[C@H](N)C(=O)O. The number of carboxylic acids is 1. The van der Waals surface area contributed by atoms with Crippen LogP contribution in [-0.2, 0) is 37.5 Å². The van der Waals surface area contributed by atoms with Crippen LogP contribution >= 0.6 is 7.82 Å². The van der Waals surface area contributed by atoms with Gasteiger partial charge in [0.2, 0.25) is 0 Å². The smallest absolute Gasteiger partial charge is 0.472 e. The summed E-state index contributed by atoms with van der Waals surface area (Å²) in [5.74, 6) is -2.43. The number of carbonyl (C=O) groups is 3. The lowest BCUT2D eigenvalue weighted by molar-refractivity contribution is -0.161. The number of hydrogen-bond donors (Lipinski definition) is 3. The van der Waals surface area contributed by atoms with Crippen molar-refractivity contribution in [2.24, 2.45) is 5.73 Å². The van der Waals surface area contributed by atoms with Gasteiger partial charge in [-0.25, -0.2) is 4.57 Å². The van der Waals surface area contributed by atoms with Gasteiger partial charge in [0.25, 0.3) is 0 Å². The Hall–Kier alpha value is -2.82. The number of phosphoric acid groups is 1. The number of esters is 2. The second-order valence-electron chi connectivity index (χ2n) is 15.5.